The van der Waals surface area contributed by atoms with Gasteiger partial charge in [0.2, 0.25) is 0 Å². The highest BCUT2D eigenvalue weighted by atomic mass is 35.5. The molecular weight excluding hydrogens is 250 g/mol. The van der Waals surface area contributed by atoms with Gasteiger partial charge in [0.05, 0.1) is 0 Å². The summed E-state index contributed by atoms with van der Waals surface area (Å²) in [5, 5.41) is 8.26. The number of hydrogen-bond donors (Lipinski definition) is 2. The Labute approximate surface area is 102 Å². The van der Waals surface area contributed by atoms with Crippen molar-refractivity contribution in [2.45, 2.75) is 17.9 Å². The number of carbonyl (C=O) groups is 1. The summed E-state index contributed by atoms with van der Waals surface area (Å²) < 4.78 is 11.7. The zero-order chi connectivity index (χ0) is 12.1. The van der Waals surface area contributed by atoms with Crippen LogP contribution >= 0.6 is 11.6 Å². The lowest BCUT2D eigenvalue weighted by molar-refractivity contribution is -0.128. The van der Waals surface area contributed by atoms with Crippen LogP contribution in [-0.2, 0) is 21.7 Å². The number of hydroxylamine groups is 1. The van der Waals surface area contributed by atoms with Gasteiger partial charge in [-0.3, -0.25) is 10.0 Å². The lowest BCUT2D eigenvalue weighted by Gasteiger charge is -2.16. The van der Waals surface area contributed by atoms with Crippen molar-refractivity contribution in [3.63, 3.8) is 0 Å². The Balaban J connectivity index is 2.60. The molecule has 0 fully saturated rings. The van der Waals surface area contributed by atoms with E-state index in [4.69, 9.17) is 16.8 Å². The molecule has 4 nitrogen and oxygen atoms in total. The Hall–Kier alpha value is -0.750. The highest BCUT2D eigenvalue weighted by molar-refractivity contribution is 7.92. The van der Waals surface area contributed by atoms with E-state index < -0.39 is 22.3 Å². The second kappa shape index (κ2) is 6.10. The summed E-state index contributed by atoms with van der Waals surface area (Å²) in [5.74, 6) is -0.390. The zero-order valence-corrected chi connectivity index (χ0v) is 10.2. The SMILES string of the molecule is CC(C(=O)NO)[S+]([O-])Cc1ccc(Cl)cc1. The molecule has 2 N–H and O–H groups in total. The highest BCUT2D eigenvalue weighted by Gasteiger charge is 2.25. The topological polar surface area (TPSA) is 72.4 Å². The predicted molar refractivity (Wildman–Crippen MR) is 62.7 cm³/mol. The standard InChI is InChI=1S/C10H12ClNO3S/c1-7(10(13)12-14)16(15)6-8-2-4-9(11)5-3-8/h2-5,7,14H,6H2,1H3,(H,12,13). The highest BCUT2D eigenvalue weighted by Crippen LogP contribution is 2.14. The molecule has 0 aromatic heterocycles. The Bertz CT molecular complexity index is 358. The summed E-state index contributed by atoms with van der Waals surface area (Å²) in [6, 6.07) is 6.91. The molecule has 16 heavy (non-hydrogen) atoms. The Morgan fingerprint density at radius 2 is 2.12 bits per heavy atom. The van der Waals surface area contributed by atoms with Gasteiger partial charge in [-0.2, -0.15) is 0 Å². The van der Waals surface area contributed by atoms with Crippen LogP contribution in [0.4, 0.5) is 0 Å². The largest absolute Gasteiger partial charge is 0.615 e. The Morgan fingerprint density at radius 1 is 1.56 bits per heavy atom. The molecule has 1 aromatic rings. The molecule has 1 rings (SSSR count). The van der Waals surface area contributed by atoms with Crippen molar-refractivity contribution in [2.75, 3.05) is 0 Å². The predicted octanol–water partition coefficient (Wildman–Crippen LogP) is 1.48. The summed E-state index contributed by atoms with van der Waals surface area (Å²) in [5.41, 5.74) is 2.32. The molecule has 0 saturated heterocycles. The summed E-state index contributed by atoms with van der Waals surface area (Å²) in [4.78, 5) is 11.0. The minimum Gasteiger partial charge on any atom is -0.615 e. The van der Waals surface area contributed by atoms with Gasteiger partial charge >= 0.3 is 0 Å². The van der Waals surface area contributed by atoms with Crippen molar-refractivity contribution in [1.29, 1.82) is 0 Å². The van der Waals surface area contributed by atoms with Gasteiger partial charge in [0.15, 0.2) is 5.25 Å². The van der Waals surface area contributed by atoms with Crippen LogP contribution in [0.15, 0.2) is 24.3 Å². The van der Waals surface area contributed by atoms with Crippen LogP contribution in [0.3, 0.4) is 0 Å². The molecule has 0 heterocycles. The summed E-state index contributed by atoms with van der Waals surface area (Å²) in [6.07, 6.45) is 0. The number of carbonyl (C=O) groups excluding carboxylic acids is 1. The summed E-state index contributed by atoms with van der Waals surface area (Å²) >= 11 is 4.34. The van der Waals surface area contributed by atoms with E-state index in [9.17, 15) is 9.35 Å². The molecule has 1 amide bonds. The second-order valence-electron chi connectivity index (χ2n) is 3.27. The first-order valence-corrected chi connectivity index (χ1v) is 6.36. The number of nitrogens with one attached hydrogen (secondary N) is 1. The Kier molecular flexibility index (Phi) is 5.08. The van der Waals surface area contributed by atoms with Crippen molar-refractivity contribution >= 4 is 28.7 Å². The van der Waals surface area contributed by atoms with E-state index in [0.29, 0.717) is 5.02 Å². The van der Waals surface area contributed by atoms with Crippen LogP contribution in [0, 0.1) is 0 Å². The van der Waals surface area contributed by atoms with E-state index in [0.717, 1.165) is 5.56 Å². The normalized spacial score (nSPS) is 14.2. The third-order valence-electron chi connectivity index (χ3n) is 2.10. The van der Waals surface area contributed by atoms with Gasteiger partial charge in [0.1, 0.15) is 5.75 Å². The van der Waals surface area contributed by atoms with Crippen LogP contribution < -0.4 is 5.48 Å². The summed E-state index contributed by atoms with van der Waals surface area (Å²) in [6.45, 7) is 1.50. The fourth-order valence-corrected chi connectivity index (χ4v) is 2.27. The van der Waals surface area contributed by atoms with Gasteiger partial charge in [-0.15, -0.1) is 0 Å². The number of benzene rings is 1. The summed E-state index contributed by atoms with van der Waals surface area (Å²) in [7, 11) is 0. The molecule has 0 aliphatic heterocycles. The van der Waals surface area contributed by atoms with E-state index in [1.54, 1.807) is 24.3 Å². The maximum absolute atomic E-state index is 11.7. The van der Waals surface area contributed by atoms with Gasteiger partial charge < -0.3 is 4.55 Å². The van der Waals surface area contributed by atoms with Crippen LogP contribution in [0.1, 0.15) is 12.5 Å². The molecule has 1 aromatic carbocycles. The Morgan fingerprint density at radius 3 is 2.62 bits per heavy atom. The first-order valence-electron chi connectivity index (χ1n) is 4.60. The lowest BCUT2D eigenvalue weighted by atomic mass is 10.2. The van der Waals surface area contributed by atoms with E-state index in [1.165, 1.54) is 12.4 Å². The number of hydrogen-bond acceptors (Lipinski definition) is 3. The maximum Gasteiger partial charge on any atom is 0.296 e. The van der Waals surface area contributed by atoms with Crippen LogP contribution in [0.2, 0.25) is 5.02 Å². The van der Waals surface area contributed by atoms with Crippen molar-refractivity contribution in [3.05, 3.63) is 34.9 Å². The molecule has 0 saturated carbocycles. The van der Waals surface area contributed by atoms with E-state index >= 15 is 0 Å². The molecule has 0 bridgehead atoms. The number of halogens is 1. The van der Waals surface area contributed by atoms with Gasteiger partial charge in [-0.25, -0.2) is 5.48 Å². The van der Waals surface area contributed by atoms with E-state index in [-0.39, 0.29) is 5.75 Å². The molecule has 88 valence electrons. The van der Waals surface area contributed by atoms with E-state index in [2.05, 4.69) is 0 Å². The third kappa shape index (κ3) is 3.68. The smallest absolute Gasteiger partial charge is 0.296 e. The molecule has 2 atom stereocenters. The molecule has 0 aliphatic carbocycles. The van der Waals surface area contributed by atoms with Crippen molar-refractivity contribution in [3.8, 4) is 0 Å². The lowest BCUT2D eigenvalue weighted by Crippen LogP contribution is -2.36. The minimum absolute atomic E-state index is 0.256. The van der Waals surface area contributed by atoms with Crippen molar-refractivity contribution in [2.24, 2.45) is 0 Å². The first-order chi connectivity index (χ1) is 7.54. The second-order valence-corrected chi connectivity index (χ2v) is 5.46. The van der Waals surface area contributed by atoms with Gasteiger partial charge in [0.25, 0.3) is 5.91 Å². The average Bonchev–Trinajstić information content (AvgIpc) is 2.30. The van der Waals surface area contributed by atoms with Crippen LogP contribution in [-0.4, -0.2) is 20.9 Å². The van der Waals surface area contributed by atoms with Crippen LogP contribution in [0.25, 0.3) is 0 Å². The minimum atomic E-state index is -1.37. The van der Waals surface area contributed by atoms with Crippen molar-refractivity contribution in [1.82, 2.24) is 5.48 Å². The van der Waals surface area contributed by atoms with Crippen molar-refractivity contribution < 1.29 is 14.6 Å². The maximum atomic E-state index is 11.7. The molecular formula is C10H12ClNO3S. The van der Waals surface area contributed by atoms with Gasteiger partial charge in [-0.1, -0.05) is 23.7 Å². The number of rotatable bonds is 4. The molecule has 0 aliphatic rings. The molecule has 2 unspecified atom stereocenters. The molecule has 0 radical (unpaired) electrons. The third-order valence-corrected chi connectivity index (χ3v) is 3.97. The number of amides is 1. The van der Waals surface area contributed by atoms with E-state index in [1.807, 2.05) is 0 Å². The van der Waals surface area contributed by atoms with Gasteiger partial charge in [-0.05, 0) is 30.2 Å². The monoisotopic (exact) mass is 261 g/mol. The fourth-order valence-electron chi connectivity index (χ4n) is 1.08. The first kappa shape index (κ1) is 13.3. The molecule has 6 heteroatoms. The molecule has 0 spiro atoms. The van der Waals surface area contributed by atoms with Gasteiger partial charge in [0, 0.05) is 10.6 Å². The quantitative estimate of drug-likeness (QED) is 0.490. The zero-order valence-electron chi connectivity index (χ0n) is 8.64. The average molecular weight is 262 g/mol. The fraction of sp³-hybridized carbons (Fsp3) is 0.300. The van der Waals surface area contributed by atoms with Crippen LogP contribution in [0.5, 0.6) is 0 Å².